The minimum absolute atomic E-state index is 0.517. The topological polar surface area (TPSA) is 52.0 Å². The molecule has 1 unspecified atom stereocenters. The average molecular weight is 272 g/mol. The van der Waals surface area contributed by atoms with Crippen molar-refractivity contribution in [2.75, 3.05) is 6.54 Å². The second-order valence-electron chi connectivity index (χ2n) is 7.83. The molecule has 20 heavy (non-hydrogen) atoms. The lowest BCUT2D eigenvalue weighted by atomic mass is 9.51. The normalized spacial score (nSPS) is 45.0. The first-order valence-corrected chi connectivity index (χ1v) is 8.52. The number of aryl methyl sites for hydroxylation is 1. The zero-order valence-corrected chi connectivity index (χ0v) is 12.1. The summed E-state index contributed by atoms with van der Waals surface area (Å²) in [5, 5.41) is 4.55. The highest BCUT2D eigenvalue weighted by Gasteiger charge is 2.51. The molecule has 0 saturated heterocycles. The largest absolute Gasteiger partial charge is 0.361 e. The quantitative estimate of drug-likeness (QED) is 0.899. The van der Waals surface area contributed by atoms with E-state index in [1.54, 1.807) is 0 Å². The van der Waals surface area contributed by atoms with E-state index in [1.807, 2.05) is 0 Å². The third kappa shape index (κ3) is 1.47. The van der Waals surface area contributed by atoms with Crippen LogP contribution in [-0.4, -0.2) is 11.7 Å². The van der Waals surface area contributed by atoms with Crippen molar-refractivity contribution in [3.8, 4) is 0 Å². The Balaban J connectivity index is 1.55. The zero-order valence-electron chi connectivity index (χ0n) is 12.1. The highest BCUT2D eigenvalue weighted by Crippen LogP contribution is 2.60. The minimum atomic E-state index is 0.517. The van der Waals surface area contributed by atoms with Crippen LogP contribution >= 0.6 is 0 Å². The van der Waals surface area contributed by atoms with Crippen molar-refractivity contribution in [1.82, 2.24) is 5.16 Å². The van der Waals surface area contributed by atoms with Gasteiger partial charge in [-0.25, -0.2) is 0 Å². The maximum Gasteiger partial charge on any atom is 0.140 e. The second-order valence-corrected chi connectivity index (χ2v) is 7.83. The Hall–Kier alpha value is -0.830. The molecular weight excluding hydrogens is 248 g/mol. The summed E-state index contributed by atoms with van der Waals surface area (Å²) in [6.07, 6.45) is 9.55. The molecule has 0 amide bonds. The maximum absolute atomic E-state index is 5.98. The third-order valence-electron chi connectivity index (χ3n) is 6.79. The van der Waals surface area contributed by atoms with Gasteiger partial charge in [0.15, 0.2) is 0 Å². The number of aromatic nitrogens is 1. The van der Waals surface area contributed by atoms with Gasteiger partial charge in [-0.05, 0) is 68.7 Å². The molecule has 0 radical (unpaired) electrons. The lowest BCUT2D eigenvalue weighted by Gasteiger charge is -2.54. The van der Waals surface area contributed by atoms with Crippen LogP contribution in [-0.2, 0) is 6.42 Å². The van der Waals surface area contributed by atoms with Crippen molar-refractivity contribution in [3.05, 3.63) is 17.0 Å². The van der Waals surface area contributed by atoms with E-state index in [0.717, 1.165) is 42.4 Å². The van der Waals surface area contributed by atoms with Crippen LogP contribution in [0.5, 0.6) is 0 Å². The molecule has 6 rings (SSSR count). The van der Waals surface area contributed by atoms with Gasteiger partial charge in [-0.1, -0.05) is 5.16 Å². The fraction of sp³-hybridized carbons (Fsp3) is 0.824. The Morgan fingerprint density at radius 2 is 1.75 bits per heavy atom. The van der Waals surface area contributed by atoms with Crippen molar-refractivity contribution in [1.29, 1.82) is 0 Å². The van der Waals surface area contributed by atoms with Gasteiger partial charge in [0, 0.05) is 23.8 Å². The average Bonchev–Trinajstić information content (AvgIpc) is 3.00. The zero-order chi connectivity index (χ0) is 13.3. The van der Waals surface area contributed by atoms with E-state index < -0.39 is 0 Å². The molecule has 1 aromatic rings. The first-order chi connectivity index (χ1) is 9.83. The molecule has 4 fully saturated rings. The third-order valence-corrected chi connectivity index (χ3v) is 6.79. The van der Waals surface area contributed by atoms with Gasteiger partial charge in [0.25, 0.3) is 0 Å². The Morgan fingerprint density at radius 1 is 1.05 bits per heavy atom. The van der Waals surface area contributed by atoms with Gasteiger partial charge >= 0.3 is 0 Å². The van der Waals surface area contributed by atoms with E-state index in [1.165, 1.54) is 49.8 Å². The molecule has 5 aliphatic carbocycles. The van der Waals surface area contributed by atoms with Gasteiger partial charge in [0.2, 0.25) is 0 Å². The van der Waals surface area contributed by atoms with E-state index in [4.69, 9.17) is 10.3 Å². The molecule has 3 heteroatoms. The van der Waals surface area contributed by atoms with Crippen LogP contribution in [0.2, 0.25) is 0 Å². The maximum atomic E-state index is 5.98. The lowest BCUT2D eigenvalue weighted by molar-refractivity contribution is -0.00543. The molecule has 1 heterocycles. The molecule has 108 valence electrons. The Bertz CT molecular complexity index is 507. The fourth-order valence-electron chi connectivity index (χ4n) is 6.26. The lowest BCUT2D eigenvalue weighted by Crippen LogP contribution is -2.44. The molecule has 0 aliphatic heterocycles. The van der Waals surface area contributed by atoms with Crippen molar-refractivity contribution in [2.24, 2.45) is 29.4 Å². The standard InChI is InChI=1S/C17H24N2O/c18-8-11-1-2-14-16(11)17(19-20-14)15-12-4-9-3-10(6-12)7-13(15)5-9/h9-13,15H,1-8,18H2. The van der Waals surface area contributed by atoms with E-state index in [0.29, 0.717) is 11.8 Å². The van der Waals surface area contributed by atoms with E-state index >= 15 is 0 Å². The smallest absolute Gasteiger partial charge is 0.140 e. The molecular formula is C17H24N2O. The van der Waals surface area contributed by atoms with Crippen LogP contribution in [0.15, 0.2) is 4.52 Å². The van der Waals surface area contributed by atoms with E-state index in [2.05, 4.69) is 5.16 Å². The number of fused-ring (bicyclic) bond motifs is 1. The second kappa shape index (κ2) is 4.09. The van der Waals surface area contributed by atoms with Crippen LogP contribution in [0, 0.1) is 23.7 Å². The summed E-state index contributed by atoms with van der Waals surface area (Å²) in [4.78, 5) is 0. The summed E-state index contributed by atoms with van der Waals surface area (Å²) >= 11 is 0. The summed E-state index contributed by atoms with van der Waals surface area (Å²) < 4.78 is 5.69. The van der Waals surface area contributed by atoms with Gasteiger partial charge in [-0.15, -0.1) is 0 Å². The Morgan fingerprint density at radius 3 is 2.40 bits per heavy atom. The van der Waals surface area contributed by atoms with Gasteiger partial charge in [0.05, 0.1) is 5.69 Å². The molecule has 4 saturated carbocycles. The highest BCUT2D eigenvalue weighted by atomic mass is 16.5. The van der Waals surface area contributed by atoms with E-state index in [-0.39, 0.29) is 0 Å². The molecule has 3 nitrogen and oxygen atoms in total. The van der Waals surface area contributed by atoms with Crippen LogP contribution in [0.1, 0.15) is 67.4 Å². The van der Waals surface area contributed by atoms with Crippen molar-refractivity contribution >= 4 is 0 Å². The molecule has 1 atom stereocenters. The molecule has 0 spiro atoms. The first-order valence-electron chi connectivity index (χ1n) is 8.52. The summed E-state index contributed by atoms with van der Waals surface area (Å²) in [7, 11) is 0. The summed E-state index contributed by atoms with van der Waals surface area (Å²) in [5.74, 6) is 6.20. The molecule has 1 aromatic heterocycles. The number of nitrogens with zero attached hydrogens (tertiary/aromatic N) is 1. The van der Waals surface area contributed by atoms with Crippen LogP contribution in [0.25, 0.3) is 0 Å². The van der Waals surface area contributed by atoms with Crippen LogP contribution in [0.4, 0.5) is 0 Å². The monoisotopic (exact) mass is 272 g/mol. The summed E-state index contributed by atoms with van der Waals surface area (Å²) in [6.45, 7) is 0.758. The molecule has 2 N–H and O–H groups in total. The number of hydrogen-bond acceptors (Lipinski definition) is 3. The van der Waals surface area contributed by atoms with Gasteiger partial charge in [0.1, 0.15) is 5.76 Å². The SMILES string of the molecule is NCC1CCc2onc(C3C4CC5CC(C4)CC3C5)c21. The predicted octanol–water partition coefficient (Wildman–Crippen LogP) is 3.20. The van der Waals surface area contributed by atoms with Gasteiger partial charge in [-0.3, -0.25) is 0 Å². The Kier molecular flexibility index (Phi) is 2.41. The predicted molar refractivity (Wildman–Crippen MR) is 76.4 cm³/mol. The van der Waals surface area contributed by atoms with Crippen molar-refractivity contribution in [3.63, 3.8) is 0 Å². The highest BCUT2D eigenvalue weighted by molar-refractivity contribution is 5.36. The van der Waals surface area contributed by atoms with Crippen LogP contribution in [0.3, 0.4) is 0 Å². The Labute approximate surface area is 120 Å². The van der Waals surface area contributed by atoms with Crippen LogP contribution < -0.4 is 5.73 Å². The molecule has 0 aromatic carbocycles. The minimum Gasteiger partial charge on any atom is -0.361 e. The van der Waals surface area contributed by atoms with E-state index in [9.17, 15) is 0 Å². The number of hydrogen-bond donors (Lipinski definition) is 1. The molecule has 4 bridgehead atoms. The number of rotatable bonds is 2. The summed E-state index contributed by atoms with van der Waals surface area (Å²) in [6, 6.07) is 0. The van der Waals surface area contributed by atoms with Crippen molar-refractivity contribution < 1.29 is 4.52 Å². The first kappa shape index (κ1) is 11.8. The van der Waals surface area contributed by atoms with Crippen molar-refractivity contribution in [2.45, 2.75) is 56.8 Å². The number of nitrogens with two attached hydrogens (primary N) is 1. The van der Waals surface area contributed by atoms with Gasteiger partial charge in [-0.2, -0.15) is 0 Å². The molecule has 5 aliphatic rings. The summed E-state index contributed by atoms with van der Waals surface area (Å²) in [5.41, 5.74) is 8.75. The van der Waals surface area contributed by atoms with Gasteiger partial charge < -0.3 is 10.3 Å². The fourth-order valence-corrected chi connectivity index (χ4v) is 6.26.